The Hall–Kier alpha value is -1.93. The van der Waals surface area contributed by atoms with Gasteiger partial charge in [0.25, 0.3) is 5.91 Å². The smallest absolute Gasteiger partial charge is 0.260 e. The predicted molar refractivity (Wildman–Crippen MR) is 94.5 cm³/mol. The van der Waals surface area contributed by atoms with Crippen molar-refractivity contribution in [2.75, 3.05) is 26.8 Å². The lowest BCUT2D eigenvalue weighted by Crippen LogP contribution is -2.39. The molecule has 1 amide bonds. The molecule has 5 nitrogen and oxygen atoms in total. The summed E-state index contributed by atoms with van der Waals surface area (Å²) >= 11 is 6.14. The van der Waals surface area contributed by atoms with Gasteiger partial charge in [0.2, 0.25) is 0 Å². The average Bonchev–Trinajstić information content (AvgIpc) is 2.51. The molecular formula is C18H25ClN2O3. The van der Waals surface area contributed by atoms with Crippen LogP contribution in [0.5, 0.6) is 11.5 Å². The summed E-state index contributed by atoms with van der Waals surface area (Å²) in [5, 5.41) is 9.21. The number of ether oxygens (including phenoxy) is 2. The second-order valence-electron chi connectivity index (χ2n) is 6.48. The highest BCUT2D eigenvalue weighted by atomic mass is 35.5. The van der Waals surface area contributed by atoms with Crippen molar-refractivity contribution in [2.45, 2.75) is 27.7 Å². The van der Waals surface area contributed by atoms with Crippen LogP contribution in [0.4, 0.5) is 0 Å². The van der Waals surface area contributed by atoms with Crippen LogP contribution in [0, 0.1) is 23.2 Å². The topological polar surface area (TPSA) is 62.6 Å². The van der Waals surface area contributed by atoms with Crippen LogP contribution in [0.15, 0.2) is 12.1 Å². The molecule has 0 N–H and O–H groups in total. The van der Waals surface area contributed by atoms with Gasteiger partial charge in [0, 0.05) is 19.2 Å². The maximum atomic E-state index is 12.5. The van der Waals surface area contributed by atoms with Crippen molar-refractivity contribution in [1.82, 2.24) is 4.90 Å². The molecule has 1 aromatic carbocycles. The molecule has 0 bridgehead atoms. The SMILES string of the molecule is COc1cc(C#N)cc(Cl)c1OCC(=O)N(CC(C)C)CC(C)C. The zero-order valence-electron chi connectivity index (χ0n) is 14.9. The van der Waals surface area contributed by atoms with E-state index >= 15 is 0 Å². The third kappa shape index (κ3) is 5.93. The van der Waals surface area contributed by atoms with Gasteiger partial charge in [-0.15, -0.1) is 0 Å². The molecule has 1 aromatic rings. The van der Waals surface area contributed by atoms with Crippen molar-refractivity contribution in [2.24, 2.45) is 11.8 Å². The van der Waals surface area contributed by atoms with Crippen LogP contribution in [0.1, 0.15) is 33.3 Å². The van der Waals surface area contributed by atoms with E-state index in [9.17, 15) is 4.79 Å². The second kappa shape index (κ2) is 9.39. The van der Waals surface area contributed by atoms with E-state index in [4.69, 9.17) is 26.3 Å². The standard InChI is InChI=1S/C18H25ClN2O3/c1-12(2)9-21(10-13(3)4)17(22)11-24-18-15(19)6-14(8-20)7-16(18)23-5/h6-7,12-13H,9-11H2,1-5H3. The van der Waals surface area contributed by atoms with Crippen molar-refractivity contribution in [3.63, 3.8) is 0 Å². The zero-order chi connectivity index (χ0) is 18.3. The van der Waals surface area contributed by atoms with Gasteiger partial charge >= 0.3 is 0 Å². The van der Waals surface area contributed by atoms with E-state index in [-0.39, 0.29) is 23.3 Å². The molecule has 0 saturated heterocycles. The third-order valence-electron chi connectivity index (χ3n) is 3.22. The van der Waals surface area contributed by atoms with E-state index in [1.54, 1.807) is 4.90 Å². The number of rotatable bonds is 8. The molecule has 6 heteroatoms. The van der Waals surface area contributed by atoms with Gasteiger partial charge in [0.05, 0.1) is 23.8 Å². The molecule has 132 valence electrons. The molecule has 0 unspecified atom stereocenters. The summed E-state index contributed by atoms with van der Waals surface area (Å²) in [7, 11) is 1.46. The van der Waals surface area contributed by atoms with Gasteiger partial charge in [-0.3, -0.25) is 4.79 Å². The summed E-state index contributed by atoms with van der Waals surface area (Å²) in [4.78, 5) is 14.3. The first-order valence-corrected chi connectivity index (χ1v) is 8.34. The maximum Gasteiger partial charge on any atom is 0.260 e. The second-order valence-corrected chi connectivity index (χ2v) is 6.88. The lowest BCUT2D eigenvalue weighted by Gasteiger charge is -2.26. The summed E-state index contributed by atoms with van der Waals surface area (Å²) in [5.41, 5.74) is 0.372. The van der Waals surface area contributed by atoms with Gasteiger partial charge in [-0.05, 0) is 17.9 Å². The van der Waals surface area contributed by atoms with Crippen molar-refractivity contribution in [3.8, 4) is 17.6 Å². The van der Waals surface area contributed by atoms with Crippen LogP contribution < -0.4 is 9.47 Å². The van der Waals surface area contributed by atoms with Gasteiger partial charge in [-0.2, -0.15) is 5.26 Å². The molecular weight excluding hydrogens is 328 g/mol. The zero-order valence-corrected chi connectivity index (χ0v) is 15.7. The van der Waals surface area contributed by atoms with Gasteiger partial charge in [-0.25, -0.2) is 0 Å². The first kappa shape index (κ1) is 20.1. The summed E-state index contributed by atoms with van der Waals surface area (Å²) < 4.78 is 10.8. The van der Waals surface area contributed by atoms with Crippen molar-refractivity contribution in [1.29, 1.82) is 5.26 Å². The summed E-state index contributed by atoms with van der Waals surface area (Å²) in [5.74, 6) is 1.27. The fraction of sp³-hybridized carbons (Fsp3) is 0.556. The Morgan fingerprint density at radius 2 is 1.83 bits per heavy atom. The summed E-state index contributed by atoms with van der Waals surface area (Å²) in [6.07, 6.45) is 0. The van der Waals surface area contributed by atoms with Crippen LogP contribution in [0.2, 0.25) is 5.02 Å². The Labute approximate surface area is 149 Å². The highest BCUT2D eigenvalue weighted by molar-refractivity contribution is 6.32. The van der Waals surface area contributed by atoms with E-state index < -0.39 is 0 Å². The minimum atomic E-state index is -0.124. The summed E-state index contributed by atoms with van der Waals surface area (Å²) in [6, 6.07) is 5.02. The number of methoxy groups -OCH3 is 1. The van der Waals surface area contributed by atoms with E-state index in [2.05, 4.69) is 27.7 Å². The third-order valence-corrected chi connectivity index (χ3v) is 3.50. The average molecular weight is 353 g/mol. The summed E-state index contributed by atoms with van der Waals surface area (Å²) in [6.45, 7) is 9.52. The lowest BCUT2D eigenvalue weighted by atomic mass is 10.1. The minimum Gasteiger partial charge on any atom is -0.493 e. The molecule has 0 aliphatic rings. The molecule has 1 rings (SSSR count). The lowest BCUT2D eigenvalue weighted by molar-refractivity contribution is -0.134. The normalized spacial score (nSPS) is 10.6. The molecule has 0 aliphatic carbocycles. The number of hydrogen-bond acceptors (Lipinski definition) is 4. The quantitative estimate of drug-likeness (QED) is 0.715. The molecule has 0 aromatic heterocycles. The van der Waals surface area contributed by atoms with E-state index in [0.29, 0.717) is 36.2 Å². The number of amides is 1. The number of benzene rings is 1. The highest BCUT2D eigenvalue weighted by Gasteiger charge is 2.19. The number of nitrogens with zero attached hydrogens (tertiary/aromatic N) is 2. The van der Waals surface area contributed by atoms with Crippen molar-refractivity contribution in [3.05, 3.63) is 22.7 Å². The fourth-order valence-corrected chi connectivity index (χ4v) is 2.57. The molecule has 0 heterocycles. The van der Waals surface area contributed by atoms with Crippen LogP contribution in [0.3, 0.4) is 0 Å². The van der Waals surface area contributed by atoms with Crippen LogP contribution in [-0.4, -0.2) is 37.6 Å². The number of halogens is 1. The van der Waals surface area contributed by atoms with Crippen molar-refractivity contribution < 1.29 is 14.3 Å². The van der Waals surface area contributed by atoms with Gasteiger partial charge in [-0.1, -0.05) is 39.3 Å². The van der Waals surface area contributed by atoms with Gasteiger partial charge in [0.15, 0.2) is 18.1 Å². The first-order valence-electron chi connectivity index (χ1n) is 7.96. The largest absolute Gasteiger partial charge is 0.493 e. The number of carbonyl (C=O) groups excluding carboxylic acids is 1. The molecule has 0 saturated carbocycles. The van der Waals surface area contributed by atoms with Gasteiger partial charge < -0.3 is 14.4 Å². The Kier molecular flexibility index (Phi) is 7.87. The van der Waals surface area contributed by atoms with E-state index in [1.807, 2.05) is 6.07 Å². The number of hydrogen-bond donors (Lipinski definition) is 0. The Balaban J connectivity index is 2.87. The predicted octanol–water partition coefficient (Wildman–Crippen LogP) is 3.74. The molecule has 0 atom stereocenters. The molecule has 0 aliphatic heterocycles. The molecule has 0 fully saturated rings. The van der Waals surface area contributed by atoms with E-state index in [0.717, 1.165) is 0 Å². The first-order chi connectivity index (χ1) is 11.3. The Morgan fingerprint density at radius 3 is 2.29 bits per heavy atom. The van der Waals surface area contributed by atoms with E-state index in [1.165, 1.54) is 19.2 Å². The highest BCUT2D eigenvalue weighted by Crippen LogP contribution is 2.36. The minimum absolute atomic E-state index is 0.0973. The number of nitriles is 1. The van der Waals surface area contributed by atoms with Crippen LogP contribution in [-0.2, 0) is 4.79 Å². The molecule has 0 radical (unpaired) electrons. The van der Waals surface area contributed by atoms with Gasteiger partial charge in [0.1, 0.15) is 0 Å². The van der Waals surface area contributed by atoms with Crippen LogP contribution in [0.25, 0.3) is 0 Å². The number of carbonyl (C=O) groups is 1. The van der Waals surface area contributed by atoms with Crippen LogP contribution >= 0.6 is 11.6 Å². The Bertz CT molecular complexity index is 599. The molecule has 0 spiro atoms. The maximum absolute atomic E-state index is 12.5. The van der Waals surface area contributed by atoms with Crippen molar-refractivity contribution >= 4 is 17.5 Å². The molecule has 24 heavy (non-hydrogen) atoms. The Morgan fingerprint density at radius 1 is 1.25 bits per heavy atom. The fourth-order valence-electron chi connectivity index (χ4n) is 2.31. The monoisotopic (exact) mass is 352 g/mol.